The highest BCUT2D eigenvalue weighted by Gasteiger charge is 2.30. The van der Waals surface area contributed by atoms with Crippen molar-refractivity contribution in [1.29, 1.82) is 0 Å². The quantitative estimate of drug-likeness (QED) is 0.849. The fourth-order valence-corrected chi connectivity index (χ4v) is 1.85. The van der Waals surface area contributed by atoms with Crippen molar-refractivity contribution in [1.82, 2.24) is 0 Å². The van der Waals surface area contributed by atoms with Crippen molar-refractivity contribution in [2.75, 3.05) is 7.11 Å². The number of carbonyl (C=O) groups excluding carboxylic acids is 1. The molecule has 0 fully saturated rings. The van der Waals surface area contributed by atoms with E-state index in [0.29, 0.717) is 11.3 Å². The maximum Gasteiger partial charge on any atom is 0.339 e. The number of rotatable bonds is 5. The number of ether oxygens (including phenoxy) is 2. The first-order valence-electron chi connectivity index (χ1n) is 6.25. The maximum atomic E-state index is 11.6. The molecule has 0 aromatic heterocycles. The molecule has 4 heteroatoms. The molecule has 0 unspecified atom stereocenters. The van der Waals surface area contributed by atoms with Crippen LogP contribution in [-0.2, 0) is 9.53 Å². The lowest BCUT2D eigenvalue weighted by molar-refractivity contribution is -0.155. The summed E-state index contributed by atoms with van der Waals surface area (Å²) in [5.41, 5.74) is 0.703. The first kappa shape index (κ1) is 14.1. The predicted molar refractivity (Wildman–Crippen MR) is 74.3 cm³/mol. The highest BCUT2D eigenvalue weighted by Crippen LogP contribution is 2.25. The molecule has 20 heavy (non-hydrogen) atoms. The largest absolute Gasteiger partial charge is 0.482 e. The summed E-state index contributed by atoms with van der Waals surface area (Å²) in [6.07, 6.45) is -2.20. The monoisotopic (exact) mass is 272 g/mol. The Labute approximate surface area is 117 Å². The van der Waals surface area contributed by atoms with Gasteiger partial charge in [0.1, 0.15) is 5.75 Å². The average molecular weight is 272 g/mol. The Bertz CT molecular complexity index is 539. The van der Waals surface area contributed by atoms with E-state index >= 15 is 0 Å². The molecule has 0 saturated carbocycles. The van der Waals surface area contributed by atoms with Gasteiger partial charge >= 0.3 is 5.97 Å². The molecule has 0 spiro atoms. The highest BCUT2D eigenvalue weighted by atomic mass is 16.6. The SMILES string of the molecule is COC(=O)[C@@H](O)[C@@H](Oc1ccccc1)c1ccccc1. The van der Waals surface area contributed by atoms with Gasteiger partial charge < -0.3 is 14.6 Å². The number of aliphatic hydroxyl groups is 1. The molecule has 0 heterocycles. The number of hydrogen-bond acceptors (Lipinski definition) is 4. The van der Waals surface area contributed by atoms with E-state index in [1.54, 1.807) is 24.3 Å². The summed E-state index contributed by atoms with van der Waals surface area (Å²) in [5.74, 6) is -0.154. The van der Waals surface area contributed by atoms with Crippen molar-refractivity contribution in [3.05, 3.63) is 66.2 Å². The maximum absolute atomic E-state index is 11.6. The number of aliphatic hydroxyl groups excluding tert-OH is 1. The third-order valence-corrected chi connectivity index (χ3v) is 2.86. The van der Waals surface area contributed by atoms with Gasteiger partial charge in [-0.2, -0.15) is 0 Å². The van der Waals surface area contributed by atoms with Gasteiger partial charge in [0.2, 0.25) is 0 Å². The summed E-state index contributed by atoms with van der Waals surface area (Å²) in [7, 11) is 1.23. The van der Waals surface area contributed by atoms with Gasteiger partial charge in [-0.25, -0.2) is 4.79 Å². The van der Waals surface area contributed by atoms with Crippen LogP contribution in [0, 0.1) is 0 Å². The topological polar surface area (TPSA) is 55.8 Å². The van der Waals surface area contributed by atoms with E-state index in [-0.39, 0.29) is 0 Å². The average Bonchev–Trinajstić information content (AvgIpc) is 2.53. The molecule has 0 aliphatic carbocycles. The second-order valence-corrected chi connectivity index (χ2v) is 4.23. The van der Waals surface area contributed by atoms with Crippen LogP contribution in [0.15, 0.2) is 60.7 Å². The second-order valence-electron chi connectivity index (χ2n) is 4.23. The van der Waals surface area contributed by atoms with Gasteiger partial charge in [0.25, 0.3) is 0 Å². The Morgan fingerprint density at radius 3 is 2.10 bits per heavy atom. The number of carbonyl (C=O) groups is 1. The number of benzene rings is 2. The first-order valence-corrected chi connectivity index (χ1v) is 6.25. The van der Waals surface area contributed by atoms with Crippen molar-refractivity contribution in [2.24, 2.45) is 0 Å². The van der Waals surface area contributed by atoms with Gasteiger partial charge in [-0.15, -0.1) is 0 Å². The minimum atomic E-state index is -1.39. The Morgan fingerprint density at radius 2 is 1.55 bits per heavy atom. The van der Waals surface area contributed by atoms with Gasteiger partial charge in [0.05, 0.1) is 7.11 Å². The molecule has 0 bridgehead atoms. The van der Waals surface area contributed by atoms with Crippen LogP contribution < -0.4 is 4.74 Å². The van der Waals surface area contributed by atoms with Crippen LogP contribution in [0.2, 0.25) is 0 Å². The molecular formula is C16H16O4. The number of esters is 1. The molecule has 0 saturated heterocycles. The molecule has 0 aliphatic heterocycles. The molecule has 1 N–H and O–H groups in total. The van der Waals surface area contributed by atoms with Crippen LogP contribution in [0.5, 0.6) is 5.75 Å². The van der Waals surface area contributed by atoms with Crippen molar-refractivity contribution >= 4 is 5.97 Å². The number of para-hydroxylation sites is 1. The zero-order valence-electron chi connectivity index (χ0n) is 11.1. The smallest absolute Gasteiger partial charge is 0.339 e. The standard InChI is InChI=1S/C16H16O4/c1-19-16(18)14(17)15(12-8-4-2-5-9-12)20-13-10-6-3-7-11-13/h2-11,14-15,17H,1H3/t14-,15-/m0/s1. The van der Waals surface area contributed by atoms with Crippen LogP contribution in [-0.4, -0.2) is 24.3 Å². The van der Waals surface area contributed by atoms with Crippen LogP contribution in [0.1, 0.15) is 11.7 Å². The van der Waals surface area contributed by atoms with Crippen molar-refractivity contribution in [2.45, 2.75) is 12.2 Å². The summed E-state index contributed by atoms with van der Waals surface area (Å²) in [5, 5.41) is 10.1. The van der Waals surface area contributed by atoms with E-state index in [4.69, 9.17) is 4.74 Å². The first-order chi connectivity index (χ1) is 9.72. The van der Waals surface area contributed by atoms with Gasteiger partial charge in [-0.1, -0.05) is 48.5 Å². The van der Waals surface area contributed by atoms with Crippen molar-refractivity contribution < 1.29 is 19.4 Å². The number of hydrogen-bond donors (Lipinski definition) is 1. The van der Waals surface area contributed by atoms with E-state index in [9.17, 15) is 9.90 Å². The third-order valence-electron chi connectivity index (χ3n) is 2.86. The van der Waals surface area contributed by atoms with Gasteiger partial charge in [-0.3, -0.25) is 0 Å². The van der Waals surface area contributed by atoms with Crippen LogP contribution >= 0.6 is 0 Å². The fourth-order valence-electron chi connectivity index (χ4n) is 1.85. The van der Waals surface area contributed by atoms with Crippen LogP contribution in [0.4, 0.5) is 0 Å². The molecule has 0 amide bonds. The summed E-state index contributed by atoms with van der Waals surface area (Å²) in [4.78, 5) is 11.6. The lowest BCUT2D eigenvalue weighted by Gasteiger charge is -2.23. The van der Waals surface area contributed by atoms with Gasteiger partial charge in [-0.05, 0) is 17.7 Å². The van der Waals surface area contributed by atoms with E-state index in [1.807, 2.05) is 36.4 Å². The molecule has 104 valence electrons. The summed E-state index contributed by atoms with van der Waals surface area (Å²) in [6.45, 7) is 0. The predicted octanol–water partition coefficient (Wildman–Crippen LogP) is 2.34. The van der Waals surface area contributed by atoms with E-state index in [0.717, 1.165) is 0 Å². The second kappa shape index (κ2) is 6.73. The zero-order valence-corrected chi connectivity index (χ0v) is 11.1. The number of methoxy groups -OCH3 is 1. The Balaban J connectivity index is 2.27. The Morgan fingerprint density at radius 1 is 1.00 bits per heavy atom. The third kappa shape index (κ3) is 3.36. The fraction of sp³-hybridized carbons (Fsp3) is 0.188. The minimum Gasteiger partial charge on any atom is -0.482 e. The van der Waals surface area contributed by atoms with Gasteiger partial charge in [0.15, 0.2) is 12.2 Å². The lowest BCUT2D eigenvalue weighted by atomic mass is 10.0. The normalized spacial score (nSPS) is 13.3. The van der Waals surface area contributed by atoms with Gasteiger partial charge in [0, 0.05) is 0 Å². The minimum absolute atomic E-state index is 0.573. The Hall–Kier alpha value is -2.33. The van der Waals surface area contributed by atoms with E-state index < -0.39 is 18.2 Å². The van der Waals surface area contributed by atoms with Crippen LogP contribution in [0.3, 0.4) is 0 Å². The molecule has 0 radical (unpaired) electrons. The Kier molecular flexibility index (Phi) is 4.74. The zero-order chi connectivity index (χ0) is 14.4. The molecule has 0 aliphatic rings. The molecule has 2 atom stereocenters. The lowest BCUT2D eigenvalue weighted by Crippen LogP contribution is -2.32. The molecule has 2 aromatic rings. The summed E-state index contributed by atoms with van der Waals surface area (Å²) in [6, 6.07) is 18.1. The summed E-state index contributed by atoms with van der Waals surface area (Å²) >= 11 is 0. The van der Waals surface area contributed by atoms with E-state index in [1.165, 1.54) is 7.11 Å². The molecular weight excluding hydrogens is 256 g/mol. The molecule has 2 aromatic carbocycles. The molecule has 4 nitrogen and oxygen atoms in total. The van der Waals surface area contributed by atoms with Crippen LogP contribution in [0.25, 0.3) is 0 Å². The molecule has 2 rings (SSSR count). The van der Waals surface area contributed by atoms with Crippen molar-refractivity contribution in [3.8, 4) is 5.75 Å². The summed E-state index contributed by atoms with van der Waals surface area (Å²) < 4.78 is 10.3. The van der Waals surface area contributed by atoms with Crippen molar-refractivity contribution in [3.63, 3.8) is 0 Å². The highest BCUT2D eigenvalue weighted by molar-refractivity contribution is 5.75. The van der Waals surface area contributed by atoms with E-state index in [2.05, 4.69) is 4.74 Å².